The summed E-state index contributed by atoms with van der Waals surface area (Å²) in [4.78, 5) is 2.23. The topological polar surface area (TPSA) is 35.5 Å². The van der Waals surface area contributed by atoms with E-state index in [0.29, 0.717) is 16.0 Å². The van der Waals surface area contributed by atoms with E-state index in [9.17, 15) is 18.3 Å². The largest absolute Gasteiger partial charge is 0.507 e. The van der Waals surface area contributed by atoms with Crippen molar-refractivity contribution in [3.63, 3.8) is 0 Å². The molecular formula is C17H22BrF3N2O. The fourth-order valence-corrected chi connectivity index (χ4v) is 4.52. The quantitative estimate of drug-likeness (QED) is 0.784. The second-order valence-electron chi connectivity index (χ2n) is 6.66. The fourth-order valence-electron chi connectivity index (χ4n) is 4.04. The summed E-state index contributed by atoms with van der Waals surface area (Å²) in [6.07, 6.45) is -0.349. The van der Waals surface area contributed by atoms with Crippen molar-refractivity contribution in [2.45, 2.75) is 37.9 Å². The Labute approximate surface area is 148 Å². The number of nitrogens with one attached hydrogen (secondary N) is 1. The van der Waals surface area contributed by atoms with Crippen LogP contribution in [0, 0.1) is 5.92 Å². The van der Waals surface area contributed by atoms with Gasteiger partial charge in [-0.05, 0) is 30.9 Å². The number of hydrogen-bond donors (Lipinski definition) is 2. The van der Waals surface area contributed by atoms with Crippen molar-refractivity contribution in [1.82, 2.24) is 10.2 Å². The van der Waals surface area contributed by atoms with Gasteiger partial charge in [-0.25, -0.2) is 0 Å². The van der Waals surface area contributed by atoms with Gasteiger partial charge in [-0.3, -0.25) is 4.90 Å². The van der Waals surface area contributed by atoms with Crippen molar-refractivity contribution in [3.8, 4) is 5.75 Å². The Morgan fingerprint density at radius 2 is 1.79 bits per heavy atom. The number of phenolic OH excluding ortho intramolecular Hbond substituents is 1. The van der Waals surface area contributed by atoms with Gasteiger partial charge in [0, 0.05) is 42.3 Å². The Balaban J connectivity index is 2.04. The second-order valence-corrected chi connectivity index (χ2v) is 7.58. The number of halogens is 4. The van der Waals surface area contributed by atoms with Crippen molar-refractivity contribution in [2.24, 2.45) is 5.92 Å². The van der Waals surface area contributed by atoms with Gasteiger partial charge in [0.15, 0.2) is 0 Å². The zero-order valence-corrected chi connectivity index (χ0v) is 15.0. The first-order valence-corrected chi connectivity index (χ1v) is 9.21. The minimum Gasteiger partial charge on any atom is -0.507 e. The van der Waals surface area contributed by atoms with Crippen LogP contribution in [0.3, 0.4) is 0 Å². The molecule has 1 aromatic carbocycles. The number of phenols is 1. The van der Waals surface area contributed by atoms with E-state index in [0.717, 1.165) is 57.9 Å². The molecule has 1 aliphatic carbocycles. The molecule has 0 unspecified atom stereocenters. The molecule has 1 heterocycles. The monoisotopic (exact) mass is 406 g/mol. The second kappa shape index (κ2) is 7.22. The zero-order chi connectivity index (χ0) is 17.3. The molecule has 1 aromatic rings. The van der Waals surface area contributed by atoms with Crippen LogP contribution in [0.4, 0.5) is 13.2 Å². The Hall–Kier alpha value is -0.790. The van der Waals surface area contributed by atoms with E-state index >= 15 is 0 Å². The molecule has 0 aromatic heterocycles. The molecule has 1 saturated carbocycles. The van der Waals surface area contributed by atoms with Gasteiger partial charge in [-0.1, -0.05) is 28.8 Å². The fraction of sp³-hybridized carbons (Fsp3) is 0.647. The van der Waals surface area contributed by atoms with Crippen molar-refractivity contribution in [2.75, 3.05) is 26.2 Å². The van der Waals surface area contributed by atoms with Crippen LogP contribution < -0.4 is 5.32 Å². The highest BCUT2D eigenvalue weighted by Crippen LogP contribution is 2.47. The van der Waals surface area contributed by atoms with Crippen LogP contribution in [-0.2, 0) is 6.18 Å². The number of piperazine rings is 1. The highest BCUT2D eigenvalue weighted by molar-refractivity contribution is 9.10. The van der Waals surface area contributed by atoms with Crippen LogP contribution >= 0.6 is 15.9 Å². The van der Waals surface area contributed by atoms with E-state index in [4.69, 9.17) is 0 Å². The van der Waals surface area contributed by atoms with Crippen molar-refractivity contribution in [1.29, 1.82) is 0 Å². The lowest BCUT2D eigenvalue weighted by atomic mass is 9.88. The first-order valence-electron chi connectivity index (χ1n) is 8.42. The Kier molecular flexibility index (Phi) is 5.42. The summed E-state index contributed by atoms with van der Waals surface area (Å²) in [6.45, 7) is 3.22. The number of benzene rings is 1. The van der Waals surface area contributed by atoms with Gasteiger partial charge in [0.05, 0.1) is 5.56 Å². The van der Waals surface area contributed by atoms with Crippen LogP contribution in [0.5, 0.6) is 5.75 Å². The SMILES string of the molecule is Oc1c([C@H](C2CCCC2)N2CCNCC2)cc(Br)cc1C(F)(F)F. The van der Waals surface area contributed by atoms with Crippen LogP contribution in [0.25, 0.3) is 0 Å². The number of rotatable bonds is 3. The third-order valence-corrected chi connectivity index (χ3v) is 5.58. The lowest BCUT2D eigenvalue weighted by Gasteiger charge is -2.39. The predicted molar refractivity (Wildman–Crippen MR) is 90.0 cm³/mol. The molecule has 0 bridgehead atoms. The standard InChI is InChI=1S/C17H22BrF3N2O/c18-12-9-13(16(24)14(10-12)17(19,20)21)15(11-3-1-2-4-11)23-7-5-22-6-8-23/h9-11,15,22,24H,1-8H2/t15-/m0/s1. The first-order chi connectivity index (χ1) is 11.4. The smallest absolute Gasteiger partial charge is 0.420 e. The molecule has 0 spiro atoms. The maximum atomic E-state index is 13.3. The molecule has 0 radical (unpaired) electrons. The third kappa shape index (κ3) is 3.73. The molecule has 2 fully saturated rings. The summed E-state index contributed by atoms with van der Waals surface area (Å²) in [5.74, 6) is -0.314. The lowest BCUT2D eigenvalue weighted by molar-refractivity contribution is -0.139. The lowest BCUT2D eigenvalue weighted by Crippen LogP contribution is -2.46. The third-order valence-electron chi connectivity index (χ3n) is 5.12. The van der Waals surface area contributed by atoms with Gasteiger partial charge in [-0.2, -0.15) is 13.2 Å². The van der Waals surface area contributed by atoms with E-state index in [1.807, 2.05) is 0 Å². The molecule has 1 aliphatic heterocycles. The molecule has 0 amide bonds. The normalized spacial score (nSPS) is 22.0. The van der Waals surface area contributed by atoms with Crippen LogP contribution in [0.1, 0.15) is 42.9 Å². The van der Waals surface area contributed by atoms with Crippen molar-refractivity contribution < 1.29 is 18.3 Å². The van der Waals surface area contributed by atoms with Crippen molar-refractivity contribution >= 4 is 15.9 Å². The van der Waals surface area contributed by atoms with Crippen LogP contribution in [0.15, 0.2) is 16.6 Å². The summed E-state index contributed by atoms with van der Waals surface area (Å²) in [5.41, 5.74) is -0.546. The highest BCUT2D eigenvalue weighted by atomic mass is 79.9. The first kappa shape index (κ1) is 18.0. The summed E-state index contributed by atoms with van der Waals surface area (Å²) in [5, 5.41) is 13.7. The molecule has 3 nitrogen and oxygen atoms in total. The number of alkyl halides is 3. The molecular weight excluding hydrogens is 385 g/mol. The average molecular weight is 407 g/mol. The molecule has 1 saturated heterocycles. The van der Waals surface area contributed by atoms with E-state index in [2.05, 4.69) is 26.1 Å². The van der Waals surface area contributed by atoms with Crippen molar-refractivity contribution in [3.05, 3.63) is 27.7 Å². The molecule has 24 heavy (non-hydrogen) atoms. The van der Waals surface area contributed by atoms with Gasteiger partial charge >= 0.3 is 6.18 Å². The summed E-state index contributed by atoms with van der Waals surface area (Å²) in [6, 6.07) is 2.46. The van der Waals surface area contributed by atoms with Gasteiger partial charge in [0.25, 0.3) is 0 Å². The zero-order valence-electron chi connectivity index (χ0n) is 13.4. The van der Waals surface area contributed by atoms with Gasteiger partial charge in [-0.15, -0.1) is 0 Å². The molecule has 2 aliphatic rings. The molecule has 7 heteroatoms. The van der Waals surface area contributed by atoms with Gasteiger partial charge in [0.2, 0.25) is 0 Å². The van der Waals surface area contributed by atoms with E-state index in [1.54, 1.807) is 6.07 Å². The highest BCUT2D eigenvalue weighted by Gasteiger charge is 2.39. The maximum absolute atomic E-state index is 13.3. The number of nitrogens with zero attached hydrogens (tertiary/aromatic N) is 1. The Morgan fingerprint density at radius 1 is 1.17 bits per heavy atom. The molecule has 3 rings (SSSR count). The van der Waals surface area contributed by atoms with E-state index in [1.165, 1.54) is 0 Å². The van der Waals surface area contributed by atoms with E-state index in [-0.39, 0.29) is 6.04 Å². The minimum absolute atomic E-state index is 0.159. The molecule has 134 valence electrons. The predicted octanol–water partition coefficient (Wildman–Crippen LogP) is 4.31. The van der Waals surface area contributed by atoms with Gasteiger partial charge in [0.1, 0.15) is 5.75 Å². The Morgan fingerprint density at radius 3 is 2.38 bits per heavy atom. The minimum atomic E-state index is -4.56. The molecule has 1 atom stereocenters. The number of hydrogen-bond acceptors (Lipinski definition) is 3. The maximum Gasteiger partial charge on any atom is 0.420 e. The summed E-state index contributed by atoms with van der Waals surface area (Å²) in [7, 11) is 0. The average Bonchev–Trinajstić information content (AvgIpc) is 3.04. The Bertz CT molecular complexity index is 582. The van der Waals surface area contributed by atoms with E-state index < -0.39 is 17.5 Å². The summed E-state index contributed by atoms with van der Waals surface area (Å²) >= 11 is 3.20. The summed E-state index contributed by atoms with van der Waals surface area (Å²) < 4.78 is 40.2. The molecule has 2 N–H and O–H groups in total. The number of aromatic hydroxyl groups is 1. The van der Waals surface area contributed by atoms with Crippen LogP contribution in [-0.4, -0.2) is 36.2 Å². The van der Waals surface area contributed by atoms with Crippen LogP contribution in [0.2, 0.25) is 0 Å². The van der Waals surface area contributed by atoms with Gasteiger partial charge < -0.3 is 10.4 Å².